The molecule has 0 aliphatic heterocycles. The summed E-state index contributed by atoms with van der Waals surface area (Å²) < 4.78 is 6.35. The van der Waals surface area contributed by atoms with Gasteiger partial charge in [-0.15, -0.1) is 22.9 Å². The maximum Gasteiger partial charge on any atom is 0.119 e. The Kier molecular flexibility index (Phi) is 4.13. The summed E-state index contributed by atoms with van der Waals surface area (Å²) >= 11 is 11.7. The van der Waals surface area contributed by atoms with E-state index in [4.69, 9.17) is 16.3 Å². The number of halogens is 2. The molecule has 2 rings (SSSR count). The van der Waals surface area contributed by atoms with Gasteiger partial charge in [0, 0.05) is 4.88 Å². The summed E-state index contributed by atoms with van der Waals surface area (Å²) in [5.41, 5.74) is 2.28. The average molecular weight is 332 g/mol. The van der Waals surface area contributed by atoms with Gasteiger partial charge >= 0.3 is 0 Å². The highest BCUT2D eigenvalue weighted by molar-refractivity contribution is 9.11. The molecule has 0 amide bonds. The first-order valence-electron chi connectivity index (χ1n) is 5.15. The van der Waals surface area contributed by atoms with Crippen LogP contribution in [0, 0.1) is 6.92 Å². The number of hydrogen-bond donors (Lipinski definition) is 0. The fourth-order valence-corrected chi connectivity index (χ4v) is 3.48. The van der Waals surface area contributed by atoms with E-state index in [0.29, 0.717) is 0 Å². The van der Waals surface area contributed by atoms with Gasteiger partial charge in [0.15, 0.2) is 0 Å². The zero-order chi connectivity index (χ0) is 12.4. The third-order valence-corrected chi connectivity index (χ3v) is 5.33. The molecule has 0 aliphatic carbocycles. The number of benzene rings is 1. The Morgan fingerprint density at radius 3 is 2.71 bits per heavy atom. The molecule has 1 unspecified atom stereocenters. The van der Waals surface area contributed by atoms with Crippen molar-refractivity contribution in [1.29, 1.82) is 0 Å². The van der Waals surface area contributed by atoms with Crippen LogP contribution in [0.3, 0.4) is 0 Å². The minimum Gasteiger partial charge on any atom is -0.497 e. The number of alkyl halides is 1. The Morgan fingerprint density at radius 2 is 2.12 bits per heavy atom. The molecule has 0 aliphatic rings. The van der Waals surface area contributed by atoms with Crippen LogP contribution in [-0.4, -0.2) is 7.11 Å². The van der Waals surface area contributed by atoms with Gasteiger partial charge < -0.3 is 4.74 Å². The lowest BCUT2D eigenvalue weighted by molar-refractivity contribution is 0.414. The zero-order valence-electron chi connectivity index (χ0n) is 9.54. The number of rotatable bonds is 3. The van der Waals surface area contributed by atoms with Crippen LogP contribution in [0.4, 0.5) is 0 Å². The van der Waals surface area contributed by atoms with Crippen LogP contribution in [0.1, 0.15) is 21.4 Å². The summed E-state index contributed by atoms with van der Waals surface area (Å²) in [4.78, 5) is 1.14. The van der Waals surface area contributed by atoms with Crippen molar-refractivity contribution in [1.82, 2.24) is 0 Å². The van der Waals surface area contributed by atoms with E-state index in [1.807, 2.05) is 24.3 Å². The molecule has 4 heteroatoms. The van der Waals surface area contributed by atoms with Crippen LogP contribution in [-0.2, 0) is 0 Å². The molecular weight excluding hydrogens is 320 g/mol. The van der Waals surface area contributed by atoms with E-state index in [1.54, 1.807) is 18.4 Å². The van der Waals surface area contributed by atoms with Crippen molar-refractivity contribution in [2.24, 2.45) is 0 Å². The molecule has 1 nitrogen and oxygen atoms in total. The fraction of sp³-hybridized carbons (Fsp3) is 0.231. The number of ether oxygens (including phenoxy) is 1. The van der Waals surface area contributed by atoms with Gasteiger partial charge in [-0.25, -0.2) is 0 Å². The highest BCUT2D eigenvalue weighted by Gasteiger charge is 2.15. The van der Waals surface area contributed by atoms with Gasteiger partial charge in [0.1, 0.15) is 5.75 Å². The van der Waals surface area contributed by atoms with E-state index in [-0.39, 0.29) is 5.38 Å². The first kappa shape index (κ1) is 12.9. The van der Waals surface area contributed by atoms with E-state index < -0.39 is 0 Å². The lowest BCUT2D eigenvalue weighted by atomic mass is 10.1. The summed E-state index contributed by atoms with van der Waals surface area (Å²) in [6.45, 7) is 2.07. The monoisotopic (exact) mass is 330 g/mol. The SMILES string of the molecule is COc1cccc(C(Cl)c2cc(C)c(Br)s2)c1. The molecule has 1 aromatic carbocycles. The molecule has 1 atom stereocenters. The van der Waals surface area contributed by atoms with Gasteiger partial charge in [-0.05, 0) is 52.2 Å². The van der Waals surface area contributed by atoms with Crippen molar-refractivity contribution in [3.8, 4) is 5.75 Å². The molecule has 1 heterocycles. The highest BCUT2D eigenvalue weighted by Crippen LogP contribution is 2.38. The number of hydrogen-bond acceptors (Lipinski definition) is 2. The Hall–Kier alpha value is -0.510. The Labute approximate surface area is 119 Å². The number of aryl methyl sites for hydroxylation is 1. The molecule has 0 saturated heterocycles. The standard InChI is InChI=1S/C13H12BrClOS/c1-8-6-11(17-13(8)14)12(15)9-4-3-5-10(7-9)16-2/h3-7,12H,1-2H3. The molecule has 1 aromatic heterocycles. The van der Waals surface area contributed by atoms with Crippen LogP contribution < -0.4 is 4.74 Å². The average Bonchev–Trinajstić information content (AvgIpc) is 2.69. The topological polar surface area (TPSA) is 9.23 Å². The fourth-order valence-electron chi connectivity index (χ4n) is 1.57. The van der Waals surface area contributed by atoms with Gasteiger partial charge in [-0.1, -0.05) is 12.1 Å². The minimum atomic E-state index is -0.125. The zero-order valence-corrected chi connectivity index (χ0v) is 12.7. The minimum absolute atomic E-state index is 0.125. The second-order valence-electron chi connectivity index (χ2n) is 3.74. The quantitative estimate of drug-likeness (QED) is 0.706. The van der Waals surface area contributed by atoms with Gasteiger partial charge in [0.2, 0.25) is 0 Å². The normalized spacial score (nSPS) is 12.5. The van der Waals surface area contributed by atoms with Gasteiger partial charge in [0.25, 0.3) is 0 Å². The number of thiophene rings is 1. The lowest BCUT2D eigenvalue weighted by Gasteiger charge is -2.09. The summed E-state index contributed by atoms with van der Waals surface area (Å²) in [6.07, 6.45) is 0. The molecule has 0 radical (unpaired) electrons. The van der Waals surface area contributed by atoms with Crippen molar-refractivity contribution >= 4 is 38.9 Å². The molecule has 0 N–H and O–H groups in total. The third kappa shape index (κ3) is 2.84. The third-order valence-electron chi connectivity index (χ3n) is 2.51. The van der Waals surface area contributed by atoms with Crippen molar-refractivity contribution < 1.29 is 4.74 Å². The Bertz CT molecular complexity index is 504. The molecule has 0 fully saturated rings. The highest BCUT2D eigenvalue weighted by atomic mass is 79.9. The van der Waals surface area contributed by atoms with E-state index >= 15 is 0 Å². The van der Waals surface area contributed by atoms with Crippen LogP contribution in [0.25, 0.3) is 0 Å². The molecule has 2 aromatic rings. The van der Waals surface area contributed by atoms with Crippen molar-refractivity contribution in [2.75, 3.05) is 7.11 Å². The second kappa shape index (κ2) is 5.42. The smallest absolute Gasteiger partial charge is 0.119 e. The predicted octanol–water partition coefficient (Wildman–Crippen LogP) is 5.16. The van der Waals surface area contributed by atoms with E-state index in [0.717, 1.165) is 20.0 Å². The Balaban J connectivity index is 2.32. The van der Waals surface area contributed by atoms with Crippen molar-refractivity contribution in [2.45, 2.75) is 12.3 Å². The summed E-state index contributed by atoms with van der Waals surface area (Å²) in [7, 11) is 1.66. The molecular formula is C13H12BrClOS. The maximum absolute atomic E-state index is 6.48. The van der Waals surface area contributed by atoms with Crippen LogP contribution in [0.15, 0.2) is 34.1 Å². The number of methoxy groups -OCH3 is 1. The molecule has 0 bridgehead atoms. The maximum atomic E-state index is 6.48. The van der Waals surface area contributed by atoms with Gasteiger partial charge in [-0.3, -0.25) is 0 Å². The van der Waals surface area contributed by atoms with Gasteiger partial charge in [-0.2, -0.15) is 0 Å². The lowest BCUT2D eigenvalue weighted by Crippen LogP contribution is -1.91. The van der Waals surface area contributed by atoms with E-state index in [9.17, 15) is 0 Å². The summed E-state index contributed by atoms with van der Waals surface area (Å²) in [5, 5.41) is -0.125. The molecule has 90 valence electrons. The molecule has 0 spiro atoms. The van der Waals surface area contributed by atoms with E-state index in [1.165, 1.54) is 5.56 Å². The summed E-state index contributed by atoms with van der Waals surface area (Å²) in [5.74, 6) is 0.834. The largest absolute Gasteiger partial charge is 0.497 e. The van der Waals surface area contributed by atoms with Crippen molar-refractivity contribution in [3.05, 3.63) is 50.1 Å². The first-order chi connectivity index (χ1) is 8.11. The predicted molar refractivity (Wildman–Crippen MR) is 77.4 cm³/mol. The van der Waals surface area contributed by atoms with E-state index in [2.05, 4.69) is 28.9 Å². The van der Waals surface area contributed by atoms with Gasteiger partial charge in [0.05, 0.1) is 16.3 Å². The summed E-state index contributed by atoms with van der Waals surface area (Å²) in [6, 6.07) is 9.98. The first-order valence-corrected chi connectivity index (χ1v) is 7.20. The molecule has 17 heavy (non-hydrogen) atoms. The molecule has 0 saturated carbocycles. The van der Waals surface area contributed by atoms with Crippen LogP contribution in [0.2, 0.25) is 0 Å². The van der Waals surface area contributed by atoms with Crippen LogP contribution >= 0.6 is 38.9 Å². The van der Waals surface area contributed by atoms with Crippen LogP contribution in [0.5, 0.6) is 5.75 Å². The Morgan fingerprint density at radius 1 is 1.35 bits per heavy atom. The second-order valence-corrected chi connectivity index (χ2v) is 6.58. The van der Waals surface area contributed by atoms with Crippen molar-refractivity contribution in [3.63, 3.8) is 0 Å².